The normalized spacial score (nSPS) is 10.2. The SMILES string of the molecule is CCOC(=O)c1cc(N)cnc1NN(C)C. The largest absolute Gasteiger partial charge is 0.462 e. The first kappa shape index (κ1) is 12.3. The summed E-state index contributed by atoms with van der Waals surface area (Å²) in [7, 11) is 3.60. The molecule has 1 heterocycles. The molecule has 0 saturated heterocycles. The summed E-state index contributed by atoms with van der Waals surface area (Å²) in [6.45, 7) is 2.06. The van der Waals surface area contributed by atoms with E-state index in [1.54, 1.807) is 26.0 Å². The predicted molar refractivity (Wildman–Crippen MR) is 61.9 cm³/mol. The average Bonchev–Trinajstić information content (AvgIpc) is 2.20. The van der Waals surface area contributed by atoms with E-state index in [2.05, 4.69) is 10.4 Å². The van der Waals surface area contributed by atoms with Crippen molar-refractivity contribution in [3.05, 3.63) is 17.8 Å². The van der Waals surface area contributed by atoms with Crippen molar-refractivity contribution in [2.24, 2.45) is 0 Å². The molecular weight excluding hydrogens is 208 g/mol. The van der Waals surface area contributed by atoms with Gasteiger partial charge in [-0.2, -0.15) is 0 Å². The van der Waals surface area contributed by atoms with Crippen LogP contribution in [0.15, 0.2) is 12.3 Å². The zero-order valence-corrected chi connectivity index (χ0v) is 9.65. The number of aromatic nitrogens is 1. The fourth-order valence-electron chi connectivity index (χ4n) is 1.15. The number of esters is 1. The predicted octanol–water partition coefficient (Wildman–Crippen LogP) is 0.729. The third kappa shape index (κ3) is 3.09. The molecule has 1 rings (SSSR count). The lowest BCUT2D eigenvalue weighted by molar-refractivity contribution is 0.0527. The van der Waals surface area contributed by atoms with Crippen molar-refractivity contribution in [1.29, 1.82) is 0 Å². The van der Waals surface area contributed by atoms with Crippen molar-refractivity contribution in [3.63, 3.8) is 0 Å². The van der Waals surface area contributed by atoms with Crippen LogP contribution in [0.25, 0.3) is 0 Å². The van der Waals surface area contributed by atoms with E-state index in [1.807, 2.05) is 0 Å². The van der Waals surface area contributed by atoms with Crippen molar-refractivity contribution in [2.45, 2.75) is 6.92 Å². The summed E-state index contributed by atoms with van der Waals surface area (Å²) in [6, 6.07) is 1.54. The number of hydrazine groups is 1. The highest BCUT2D eigenvalue weighted by Gasteiger charge is 2.14. The summed E-state index contributed by atoms with van der Waals surface area (Å²) in [5.74, 6) is -0.00991. The van der Waals surface area contributed by atoms with Gasteiger partial charge in [0.2, 0.25) is 0 Å². The number of nitrogen functional groups attached to an aromatic ring is 1. The number of hydrogen-bond acceptors (Lipinski definition) is 6. The van der Waals surface area contributed by atoms with Crippen LogP contribution in [0.4, 0.5) is 11.5 Å². The molecule has 1 aromatic rings. The average molecular weight is 224 g/mol. The summed E-state index contributed by atoms with van der Waals surface area (Å²) in [5.41, 5.74) is 9.24. The van der Waals surface area contributed by atoms with Gasteiger partial charge in [0.05, 0.1) is 18.5 Å². The number of hydrogen-bond donors (Lipinski definition) is 2. The number of carbonyl (C=O) groups is 1. The molecule has 0 amide bonds. The lowest BCUT2D eigenvalue weighted by Crippen LogP contribution is -2.23. The standard InChI is InChI=1S/C10H16N4O2/c1-4-16-10(15)8-5-7(11)6-12-9(8)13-14(2)3/h5-6H,4,11H2,1-3H3,(H,12,13). The summed E-state index contributed by atoms with van der Waals surface area (Å²) in [5, 5.41) is 1.68. The van der Waals surface area contributed by atoms with Gasteiger partial charge in [0, 0.05) is 14.1 Å². The van der Waals surface area contributed by atoms with Crippen LogP contribution >= 0.6 is 0 Å². The molecule has 88 valence electrons. The number of carbonyl (C=O) groups excluding carboxylic acids is 1. The van der Waals surface area contributed by atoms with E-state index in [-0.39, 0.29) is 0 Å². The van der Waals surface area contributed by atoms with Crippen molar-refractivity contribution < 1.29 is 9.53 Å². The van der Waals surface area contributed by atoms with E-state index in [0.29, 0.717) is 23.7 Å². The Morgan fingerprint density at radius 2 is 2.31 bits per heavy atom. The molecule has 16 heavy (non-hydrogen) atoms. The second-order valence-corrected chi connectivity index (χ2v) is 3.39. The number of nitrogens with one attached hydrogen (secondary N) is 1. The van der Waals surface area contributed by atoms with Crippen LogP contribution in [0.1, 0.15) is 17.3 Å². The highest BCUT2D eigenvalue weighted by molar-refractivity contribution is 5.95. The van der Waals surface area contributed by atoms with Crippen molar-refractivity contribution in [3.8, 4) is 0 Å². The Morgan fingerprint density at radius 3 is 2.88 bits per heavy atom. The third-order valence-electron chi connectivity index (χ3n) is 1.73. The Hall–Kier alpha value is -1.82. The van der Waals surface area contributed by atoms with Crippen LogP contribution in [0.2, 0.25) is 0 Å². The molecule has 6 heteroatoms. The van der Waals surface area contributed by atoms with Crippen LogP contribution in [0, 0.1) is 0 Å². The van der Waals surface area contributed by atoms with Crippen LogP contribution < -0.4 is 11.2 Å². The van der Waals surface area contributed by atoms with Gasteiger partial charge in [-0.1, -0.05) is 0 Å². The lowest BCUT2D eigenvalue weighted by Gasteiger charge is -2.15. The zero-order chi connectivity index (χ0) is 12.1. The molecule has 0 fully saturated rings. The van der Waals surface area contributed by atoms with Gasteiger partial charge >= 0.3 is 5.97 Å². The molecule has 0 bridgehead atoms. The minimum atomic E-state index is -0.438. The smallest absolute Gasteiger partial charge is 0.342 e. The van der Waals surface area contributed by atoms with Gasteiger partial charge in [0.15, 0.2) is 5.82 Å². The number of rotatable bonds is 4. The second kappa shape index (κ2) is 5.32. The first-order valence-electron chi connectivity index (χ1n) is 4.91. The Bertz CT molecular complexity index is 379. The van der Waals surface area contributed by atoms with E-state index < -0.39 is 5.97 Å². The third-order valence-corrected chi connectivity index (χ3v) is 1.73. The van der Waals surface area contributed by atoms with E-state index in [1.165, 1.54) is 12.3 Å². The fourth-order valence-corrected chi connectivity index (χ4v) is 1.15. The minimum absolute atomic E-state index is 0.315. The zero-order valence-electron chi connectivity index (χ0n) is 9.65. The molecule has 0 aliphatic heterocycles. The van der Waals surface area contributed by atoms with Gasteiger partial charge in [-0.15, -0.1) is 0 Å². The molecule has 1 aromatic heterocycles. The van der Waals surface area contributed by atoms with Gasteiger partial charge in [-0.3, -0.25) is 0 Å². The first-order valence-corrected chi connectivity index (χ1v) is 4.91. The van der Waals surface area contributed by atoms with Crippen LogP contribution in [0.3, 0.4) is 0 Å². The van der Waals surface area contributed by atoms with Crippen LogP contribution in [-0.2, 0) is 4.74 Å². The Labute approximate surface area is 94.4 Å². The van der Waals surface area contributed by atoms with Crippen molar-refractivity contribution in [2.75, 3.05) is 31.9 Å². The van der Waals surface area contributed by atoms with Gasteiger partial charge in [-0.25, -0.2) is 14.8 Å². The maximum absolute atomic E-state index is 11.6. The molecule has 0 spiro atoms. The van der Waals surface area contributed by atoms with Crippen molar-refractivity contribution >= 4 is 17.5 Å². The molecular formula is C10H16N4O2. The fraction of sp³-hybridized carbons (Fsp3) is 0.400. The molecule has 0 aliphatic rings. The number of pyridine rings is 1. The van der Waals surface area contributed by atoms with Crippen LogP contribution in [-0.4, -0.2) is 36.7 Å². The highest BCUT2D eigenvalue weighted by Crippen LogP contribution is 2.16. The Balaban J connectivity index is 3.02. The number of nitrogens with zero attached hydrogens (tertiary/aromatic N) is 2. The van der Waals surface area contributed by atoms with E-state index in [9.17, 15) is 4.79 Å². The summed E-state index contributed by atoms with van der Waals surface area (Å²) >= 11 is 0. The highest BCUT2D eigenvalue weighted by atomic mass is 16.5. The summed E-state index contributed by atoms with van der Waals surface area (Å²) in [6.07, 6.45) is 1.48. The molecule has 6 nitrogen and oxygen atoms in total. The van der Waals surface area contributed by atoms with Crippen molar-refractivity contribution in [1.82, 2.24) is 9.99 Å². The van der Waals surface area contributed by atoms with Gasteiger partial charge in [0.1, 0.15) is 5.56 Å². The van der Waals surface area contributed by atoms with Gasteiger partial charge in [0.25, 0.3) is 0 Å². The first-order chi connectivity index (χ1) is 7.54. The number of nitrogens with two attached hydrogens (primary N) is 1. The molecule has 0 unspecified atom stereocenters. The topological polar surface area (TPSA) is 80.5 Å². The van der Waals surface area contributed by atoms with Gasteiger partial charge < -0.3 is 15.9 Å². The maximum atomic E-state index is 11.6. The van der Waals surface area contributed by atoms with E-state index >= 15 is 0 Å². The molecule has 0 radical (unpaired) electrons. The number of ether oxygens (including phenoxy) is 1. The Kier molecular flexibility index (Phi) is 4.07. The lowest BCUT2D eigenvalue weighted by atomic mass is 10.2. The second-order valence-electron chi connectivity index (χ2n) is 3.39. The van der Waals surface area contributed by atoms with E-state index in [4.69, 9.17) is 10.5 Å². The van der Waals surface area contributed by atoms with E-state index in [0.717, 1.165) is 0 Å². The quantitative estimate of drug-likeness (QED) is 0.579. The monoisotopic (exact) mass is 224 g/mol. The summed E-state index contributed by atoms with van der Waals surface area (Å²) in [4.78, 5) is 15.7. The van der Waals surface area contributed by atoms with Gasteiger partial charge in [-0.05, 0) is 13.0 Å². The Morgan fingerprint density at radius 1 is 1.62 bits per heavy atom. The minimum Gasteiger partial charge on any atom is -0.462 e. The maximum Gasteiger partial charge on any atom is 0.342 e. The van der Waals surface area contributed by atoms with Crippen LogP contribution in [0.5, 0.6) is 0 Å². The summed E-state index contributed by atoms with van der Waals surface area (Å²) < 4.78 is 4.91. The molecule has 0 aliphatic carbocycles. The molecule has 0 atom stereocenters. The molecule has 3 N–H and O–H groups in total. The molecule has 0 saturated carbocycles. The molecule has 0 aromatic carbocycles. The number of anilines is 2.